The van der Waals surface area contributed by atoms with Gasteiger partial charge in [0, 0.05) is 30.9 Å². The highest BCUT2D eigenvalue weighted by Gasteiger charge is 2.21. The number of hydrogen-bond donors (Lipinski definition) is 2. The Kier molecular flexibility index (Phi) is 6.49. The second kappa shape index (κ2) is 7.66. The molecule has 21 heavy (non-hydrogen) atoms. The molecule has 5 heteroatoms. The fourth-order valence-electron chi connectivity index (χ4n) is 2.37. The zero-order valence-corrected chi connectivity index (χ0v) is 13.9. The van der Waals surface area contributed by atoms with Crippen molar-refractivity contribution in [1.82, 2.24) is 10.6 Å². The Morgan fingerprint density at radius 3 is 2.81 bits per heavy atom. The minimum Gasteiger partial charge on any atom is -0.361 e. The second-order valence-corrected chi connectivity index (χ2v) is 6.01. The smallest absolute Gasteiger partial charge is 0.239 e. The van der Waals surface area contributed by atoms with Crippen LogP contribution >= 0.6 is 12.4 Å². The van der Waals surface area contributed by atoms with E-state index in [1.54, 1.807) is 0 Å². The van der Waals surface area contributed by atoms with Crippen molar-refractivity contribution in [3.8, 4) is 0 Å². The molecule has 2 rings (SSSR count). The molecule has 0 saturated heterocycles. The summed E-state index contributed by atoms with van der Waals surface area (Å²) in [4.78, 5) is 14.4. The first-order valence-electron chi connectivity index (χ1n) is 7.36. The number of anilines is 1. The maximum Gasteiger partial charge on any atom is 0.239 e. The van der Waals surface area contributed by atoms with Crippen LogP contribution in [0.5, 0.6) is 0 Å². The first kappa shape index (κ1) is 17.8. The zero-order chi connectivity index (χ0) is 14.6. The first-order chi connectivity index (χ1) is 9.52. The van der Waals surface area contributed by atoms with Crippen molar-refractivity contribution >= 4 is 24.0 Å². The van der Waals surface area contributed by atoms with Crippen LogP contribution in [0.1, 0.15) is 32.8 Å². The summed E-state index contributed by atoms with van der Waals surface area (Å²) < 4.78 is 0. The van der Waals surface area contributed by atoms with E-state index in [9.17, 15) is 4.79 Å². The summed E-state index contributed by atoms with van der Waals surface area (Å²) >= 11 is 0. The number of carbonyl (C=O) groups is 1. The summed E-state index contributed by atoms with van der Waals surface area (Å²) in [7, 11) is 0. The van der Waals surface area contributed by atoms with Crippen molar-refractivity contribution in [1.29, 1.82) is 0 Å². The topological polar surface area (TPSA) is 44.4 Å². The molecular weight excluding hydrogens is 286 g/mol. The number of rotatable bonds is 4. The molecule has 118 valence electrons. The molecule has 1 heterocycles. The summed E-state index contributed by atoms with van der Waals surface area (Å²) in [6.07, 6.45) is 0.927. The van der Waals surface area contributed by atoms with Gasteiger partial charge in [0.15, 0.2) is 0 Å². The summed E-state index contributed by atoms with van der Waals surface area (Å²) in [5.41, 5.74) is 2.29. The van der Waals surface area contributed by atoms with Gasteiger partial charge in [-0.05, 0) is 31.9 Å². The monoisotopic (exact) mass is 311 g/mol. The van der Waals surface area contributed by atoms with Crippen LogP contribution in [0.4, 0.5) is 5.69 Å². The highest BCUT2D eigenvalue weighted by atomic mass is 35.5. The molecule has 0 radical (unpaired) electrons. The number of nitrogens with one attached hydrogen (secondary N) is 2. The zero-order valence-electron chi connectivity index (χ0n) is 13.1. The van der Waals surface area contributed by atoms with Crippen LogP contribution in [0.15, 0.2) is 24.3 Å². The van der Waals surface area contributed by atoms with Crippen molar-refractivity contribution in [2.75, 3.05) is 24.5 Å². The van der Waals surface area contributed by atoms with Gasteiger partial charge in [-0.1, -0.05) is 25.1 Å². The molecule has 0 aromatic heterocycles. The van der Waals surface area contributed by atoms with Crippen LogP contribution in [0.3, 0.4) is 0 Å². The Morgan fingerprint density at radius 1 is 1.38 bits per heavy atom. The number of carbonyl (C=O) groups excluding carboxylic acids is 1. The minimum absolute atomic E-state index is 0. The molecule has 0 fully saturated rings. The number of amides is 1. The third-order valence-electron chi connectivity index (χ3n) is 3.90. The normalized spacial score (nSPS) is 14.7. The molecule has 0 unspecified atom stereocenters. The summed E-state index contributed by atoms with van der Waals surface area (Å²) in [5.74, 6) is 0.0913. The Labute approximate surface area is 133 Å². The van der Waals surface area contributed by atoms with Crippen LogP contribution < -0.4 is 15.5 Å². The van der Waals surface area contributed by atoms with Crippen LogP contribution in [0.25, 0.3) is 0 Å². The van der Waals surface area contributed by atoms with E-state index in [0.29, 0.717) is 6.54 Å². The number of halogens is 1. The van der Waals surface area contributed by atoms with Gasteiger partial charge in [-0.3, -0.25) is 4.79 Å². The summed E-state index contributed by atoms with van der Waals surface area (Å²) in [6, 6.07) is 8.30. The van der Waals surface area contributed by atoms with Crippen LogP contribution in [0, 0.1) is 0 Å². The Hall–Kier alpha value is -1.26. The maximum absolute atomic E-state index is 12.2. The van der Waals surface area contributed by atoms with E-state index < -0.39 is 0 Å². The van der Waals surface area contributed by atoms with Gasteiger partial charge in [0.2, 0.25) is 5.91 Å². The van der Waals surface area contributed by atoms with E-state index in [1.807, 2.05) is 12.1 Å². The van der Waals surface area contributed by atoms with Gasteiger partial charge in [-0.25, -0.2) is 0 Å². The second-order valence-electron chi connectivity index (χ2n) is 6.01. The molecule has 4 nitrogen and oxygen atoms in total. The fraction of sp³-hybridized carbons (Fsp3) is 0.562. The van der Waals surface area contributed by atoms with Crippen molar-refractivity contribution < 1.29 is 4.79 Å². The lowest BCUT2D eigenvalue weighted by atomic mass is 10.0. The minimum atomic E-state index is -0.138. The molecule has 1 aliphatic heterocycles. The molecular formula is C16H26ClN3O. The van der Waals surface area contributed by atoms with Gasteiger partial charge < -0.3 is 15.5 Å². The Morgan fingerprint density at radius 2 is 2.10 bits per heavy atom. The number of para-hydroxylation sites is 1. The van der Waals surface area contributed by atoms with E-state index in [-0.39, 0.29) is 23.9 Å². The lowest BCUT2D eigenvalue weighted by molar-refractivity contribution is -0.121. The molecule has 0 spiro atoms. The van der Waals surface area contributed by atoms with Gasteiger partial charge in [-0.2, -0.15) is 0 Å². The van der Waals surface area contributed by atoms with Crippen LogP contribution in [0.2, 0.25) is 0 Å². The third-order valence-corrected chi connectivity index (χ3v) is 3.90. The van der Waals surface area contributed by atoms with E-state index in [2.05, 4.69) is 48.4 Å². The molecule has 0 atom stereocenters. The predicted molar refractivity (Wildman–Crippen MR) is 90.1 cm³/mol. The summed E-state index contributed by atoms with van der Waals surface area (Å²) in [5, 5.41) is 6.50. The molecule has 0 saturated carbocycles. The summed E-state index contributed by atoms with van der Waals surface area (Å²) in [6.45, 7) is 9.25. The number of nitrogens with zero attached hydrogens (tertiary/aromatic N) is 1. The standard InChI is InChI=1S/C16H25N3O.ClH/c1-4-16(2,3)18-15(20)12-19-10-9-17-11-13-7-5-6-8-14(13)19;/h5-8,17H,4,9-12H2,1-3H3,(H,18,20);1H. The Bertz CT molecular complexity index is 476. The number of benzene rings is 1. The van der Waals surface area contributed by atoms with Gasteiger partial charge in [-0.15, -0.1) is 12.4 Å². The molecule has 1 aromatic rings. The molecule has 0 bridgehead atoms. The number of hydrogen-bond acceptors (Lipinski definition) is 3. The van der Waals surface area contributed by atoms with Gasteiger partial charge >= 0.3 is 0 Å². The largest absolute Gasteiger partial charge is 0.361 e. The van der Waals surface area contributed by atoms with Crippen molar-refractivity contribution in [2.24, 2.45) is 0 Å². The molecule has 1 aliphatic rings. The highest BCUT2D eigenvalue weighted by Crippen LogP contribution is 2.21. The van der Waals surface area contributed by atoms with Crippen LogP contribution in [-0.2, 0) is 11.3 Å². The lowest BCUT2D eigenvalue weighted by Crippen LogP contribution is -2.48. The first-order valence-corrected chi connectivity index (χ1v) is 7.36. The molecule has 2 N–H and O–H groups in total. The van der Waals surface area contributed by atoms with Gasteiger partial charge in [0.1, 0.15) is 0 Å². The molecule has 1 aromatic carbocycles. The highest BCUT2D eigenvalue weighted by molar-refractivity contribution is 5.85. The lowest BCUT2D eigenvalue weighted by Gasteiger charge is -2.28. The van der Waals surface area contributed by atoms with Crippen LogP contribution in [-0.4, -0.2) is 31.1 Å². The third kappa shape index (κ3) is 4.90. The fourth-order valence-corrected chi connectivity index (χ4v) is 2.37. The van der Waals surface area contributed by atoms with E-state index in [0.717, 1.165) is 26.1 Å². The average molecular weight is 312 g/mol. The average Bonchev–Trinajstić information content (AvgIpc) is 2.61. The van der Waals surface area contributed by atoms with Crippen molar-refractivity contribution in [3.05, 3.63) is 29.8 Å². The maximum atomic E-state index is 12.2. The van der Waals surface area contributed by atoms with Gasteiger partial charge in [0.05, 0.1) is 6.54 Å². The van der Waals surface area contributed by atoms with E-state index in [1.165, 1.54) is 11.3 Å². The van der Waals surface area contributed by atoms with Gasteiger partial charge in [0.25, 0.3) is 0 Å². The number of fused-ring (bicyclic) bond motifs is 1. The van der Waals surface area contributed by atoms with E-state index >= 15 is 0 Å². The van der Waals surface area contributed by atoms with Crippen molar-refractivity contribution in [2.45, 2.75) is 39.3 Å². The molecule has 0 aliphatic carbocycles. The predicted octanol–water partition coefficient (Wildman–Crippen LogP) is 2.32. The van der Waals surface area contributed by atoms with E-state index in [4.69, 9.17) is 0 Å². The van der Waals surface area contributed by atoms with Crippen molar-refractivity contribution in [3.63, 3.8) is 0 Å². The SMILES string of the molecule is CCC(C)(C)NC(=O)CN1CCNCc2ccccc21.Cl. The molecule has 1 amide bonds. The Balaban J connectivity index is 0.00000220. The quantitative estimate of drug-likeness (QED) is 0.897.